The number of amides is 1. The van der Waals surface area contributed by atoms with Crippen LogP contribution in [0.25, 0.3) is 0 Å². The van der Waals surface area contributed by atoms with Gasteiger partial charge in [0.05, 0.1) is 0 Å². The Bertz CT molecular complexity index is 104. The van der Waals surface area contributed by atoms with Gasteiger partial charge < -0.3 is 10.8 Å². The molecule has 0 aliphatic heterocycles. The molecule has 10 heavy (non-hydrogen) atoms. The predicted molar refractivity (Wildman–Crippen MR) is 39.3 cm³/mol. The van der Waals surface area contributed by atoms with Crippen LogP contribution in [0.15, 0.2) is 0 Å². The van der Waals surface area contributed by atoms with Gasteiger partial charge in [-0.05, 0) is 18.8 Å². The lowest BCUT2D eigenvalue weighted by Crippen LogP contribution is -2.14. The Kier molecular flexibility index (Phi) is 4.94. The number of rotatable bonds is 5. The molecule has 0 aliphatic carbocycles. The van der Waals surface area contributed by atoms with Crippen molar-refractivity contribution in [2.45, 2.75) is 26.2 Å². The summed E-state index contributed by atoms with van der Waals surface area (Å²) in [5, 5.41) is 8.43. The largest absolute Gasteiger partial charge is 0.396 e. The van der Waals surface area contributed by atoms with Gasteiger partial charge >= 0.3 is 0 Å². The summed E-state index contributed by atoms with van der Waals surface area (Å²) in [6.45, 7) is 2.16. The van der Waals surface area contributed by atoms with Gasteiger partial charge in [0, 0.05) is 13.0 Å². The molecule has 0 radical (unpaired) electrons. The first-order chi connectivity index (χ1) is 4.66. The third kappa shape index (κ3) is 5.56. The fourth-order valence-corrected chi connectivity index (χ4v) is 0.885. The molecule has 3 N–H and O–H groups in total. The van der Waals surface area contributed by atoms with Crippen LogP contribution in [0.3, 0.4) is 0 Å². The highest BCUT2D eigenvalue weighted by Crippen LogP contribution is 2.08. The Balaban J connectivity index is 3.25. The van der Waals surface area contributed by atoms with E-state index in [1.807, 2.05) is 6.92 Å². The number of carbonyl (C=O) groups excluding carboxylic acids is 1. The Morgan fingerprint density at radius 2 is 2.30 bits per heavy atom. The summed E-state index contributed by atoms with van der Waals surface area (Å²) >= 11 is 0. The Morgan fingerprint density at radius 3 is 2.70 bits per heavy atom. The molecule has 0 aliphatic rings. The number of carbonyl (C=O) groups is 1. The first-order valence-electron chi connectivity index (χ1n) is 3.56. The maximum absolute atomic E-state index is 10.3. The van der Waals surface area contributed by atoms with E-state index < -0.39 is 0 Å². The van der Waals surface area contributed by atoms with Crippen molar-refractivity contribution < 1.29 is 9.90 Å². The fraction of sp³-hybridized carbons (Fsp3) is 0.857. The van der Waals surface area contributed by atoms with Crippen LogP contribution >= 0.6 is 0 Å². The molecule has 0 bridgehead atoms. The molecule has 3 nitrogen and oxygen atoms in total. The summed E-state index contributed by atoms with van der Waals surface area (Å²) in [5.74, 6) is 0.0510. The lowest BCUT2D eigenvalue weighted by Gasteiger charge is -2.05. The van der Waals surface area contributed by atoms with Crippen LogP contribution in [0.5, 0.6) is 0 Å². The number of nitrogens with two attached hydrogens (primary N) is 1. The van der Waals surface area contributed by atoms with Crippen molar-refractivity contribution in [2.24, 2.45) is 11.7 Å². The summed E-state index contributed by atoms with van der Waals surface area (Å²) in [6, 6.07) is 0. The molecular weight excluding hydrogens is 130 g/mol. The lowest BCUT2D eigenvalue weighted by molar-refractivity contribution is -0.118. The van der Waals surface area contributed by atoms with E-state index in [1.165, 1.54) is 0 Å². The average molecular weight is 145 g/mol. The van der Waals surface area contributed by atoms with Crippen molar-refractivity contribution in [3.63, 3.8) is 0 Å². The van der Waals surface area contributed by atoms with E-state index in [2.05, 4.69) is 0 Å². The molecule has 1 unspecified atom stereocenters. The second-order valence-electron chi connectivity index (χ2n) is 2.64. The molecular formula is C7H15NO2. The van der Waals surface area contributed by atoms with E-state index >= 15 is 0 Å². The summed E-state index contributed by atoms with van der Waals surface area (Å²) in [4.78, 5) is 10.3. The van der Waals surface area contributed by atoms with Gasteiger partial charge in [-0.1, -0.05) is 6.92 Å². The zero-order valence-electron chi connectivity index (χ0n) is 6.34. The smallest absolute Gasteiger partial charge is 0.217 e. The van der Waals surface area contributed by atoms with E-state index in [0.29, 0.717) is 12.3 Å². The van der Waals surface area contributed by atoms with Crippen molar-refractivity contribution >= 4 is 5.91 Å². The van der Waals surface area contributed by atoms with Crippen LogP contribution in [-0.4, -0.2) is 17.6 Å². The molecule has 0 saturated heterocycles. The van der Waals surface area contributed by atoms with Gasteiger partial charge in [0.1, 0.15) is 0 Å². The van der Waals surface area contributed by atoms with Crippen LogP contribution in [-0.2, 0) is 4.79 Å². The van der Waals surface area contributed by atoms with E-state index in [9.17, 15) is 4.79 Å². The zero-order chi connectivity index (χ0) is 7.98. The van der Waals surface area contributed by atoms with Gasteiger partial charge in [-0.2, -0.15) is 0 Å². The summed E-state index contributed by atoms with van der Waals surface area (Å²) < 4.78 is 0. The highest BCUT2D eigenvalue weighted by molar-refractivity contribution is 5.73. The van der Waals surface area contributed by atoms with Gasteiger partial charge in [-0.3, -0.25) is 4.79 Å². The monoisotopic (exact) mass is 145 g/mol. The minimum Gasteiger partial charge on any atom is -0.396 e. The number of hydrogen-bond acceptors (Lipinski definition) is 2. The molecule has 0 saturated carbocycles. The standard InChI is InChI=1S/C7H15NO2/c1-6(3-2-4-9)5-7(8)10/h6,9H,2-5H2,1H3,(H2,8,10). The van der Waals surface area contributed by atoms with Crippen molar-refractivity contribution in [2.75, 3.05) is 6.61 Å². The van der Waals surface area contributed by atoms with Crippen LogP contribution in [0.1, 0.15) is 26.2 Å². The van der Waals surface area contributed by atoms with Gasteiger partial charge in [0.15, 0.2) is 0 Å². The summed E-state index contributed by atoms with van der Waals surface area (Å²) in [6.07, 6.45) is 2.06. The van der Waals surface area contributed by atoms with E-state index in [1.54, 1.807) is 0 Å². The molecule has 0 fully saturated rings. The average Bonchev–Trinajstić information content (AvgIpc) is 1.82. The van der Waals surface area contributed by atoms with Crippen LogP contribution < -0.4 is 5.73 Å². The number of aliphatic hydroxyl groups excluding tert-OH is 1. The van der Waals surface area contributed by atoms with Crippen molar-refractivity contribution in [1.29, 1.82) is 0 Å². The molecule has 0 aromatic rings. The Morgan fingerprint density at radius 1 is 1.70 bits per heavy atom. The van der Waals surface area contributed by atoms with Crippen molar-refractivity contribution in [1.82, 2.24) is 0 Å². The van der Waals surface area contributed by atoms with Gasteiger partial charge in [-0.25, -0.2) is 0 Å². The summed E-state index contributed by atoms with van der Waals surface area (Å²) in [5.41, 5.74) is 4.96. The maximum Gasteiger partial charge on any atom is 0.217 e. The molecule has 0 aromatic heterocycles. The fourth-order valence-electron chi connectivity index (χ4n) is 0.885. The second kappa shape index (κ2) is 5.23. The van der Waals surface area contributed by atoms with Crippen LogP contribution in [0, 0.1) is 5.92 Å². The Labute approximate surface area is 61.2 Å². The molecule has 60 valence electrons. The van der Waals surface area contributed by atoms with E-state index in [-0.39, 0.29) is 12.5 Å². The first kappa shape index (κ1) is 9.43. The highest BCUT2D eigenvalue weighted by Gasteiger charge is 2.04. The van der Waals surface area contributed by atoms with E-state index in [4.69, 9.17) is 10.8 Å². The topological polar surface area (TPSA) is 63.3 Å². The number of aliphatic hydroxyl groups is 1. The quantitative estimate of drug-likeness (QED) is 0.583. The predicted octanol–water partition coefficient (Wildman–Crippen LogP) is 0.270. The molecule has 0 heterocycles. The van der Waals surface area contributed by atoms with Gasteiger partial charge in [0.2, 0.25) is 5.91 Å². The zero-order valence-corrected chi connectivity index (χ0v) is 6.34. The Hall–Kier alpha value is -0.570. The highest BCUT2D eigenvalue weighted by atomic mass is 16.2. The third-order valence-electron chi connectivity index (χ3n) is 1.40. The van der Waals surface area contributed by atoms with Gasteiger partial charge in [0.25, 0.3) is 0 Å². The van der Waals surface area contributed by atoms with Crippen molar-refractivity contribution in [3.8, 4) is 0 Å². The molecule has 0 rings (SSSR count). The minimum absolute atomic E-state index is 0.198. The lowest BCUT2D eigenvalue weighted by atomic mass is 10.0. The van der Waals surface area contributed by atoms with Crippen molar-refractivity contribution in [3.05, 3.63) is 0 Å². The summed E-state index contributed by atoms with van der Waals surface area (Å²) in [7, 11) is 0. The molecule has 3 heteroatoms. The van der Waals surface area contributed by atoms with E-state index in [0.717, 1.165) is 12.8 Å². The van der Waals surface area contributed by atoms with Gasteiger partial charge in [-0.15, -0.1) is 0 Å². The first-order valence-corrected chi connectivity index (χ1v) is 3.56. The van der Waals surface area contributed by atoms with Crippen LogP contribution in [0.2, 0.25) is 0 Å². The molecule has 0 spiro atoms. The normalized spacial score (nSPS) is 13.0. The number of hydrogen-bond donors (Lipinski definition) is 2. The molecule has 1 atom stereocenters. The minimum atomic E-state index is -0.259. The van der Waals surface area contributed by atoms with Crippen LogP contribution in [0.4, 0.5) is 0 Å². The third-order valence-corrected chi connectivity index (χ3v) is 1.40. The SMILES string of the molecule is CC(CCCO)CC(N)=O. The second-order valence-corrected chi connectivity index (χ2v) is 2.64. The maximum atomic E-state index is 10.3. The molecule has 0 aromatic carbocycles. The number of primary amides is 1. The molecule has 1 amide bonds.